The normalized spacial score (nSPS) is 17.4. The van der Waals surface area contributed by atoms with Gasteiger partial charge in [0.2, 0.25) is 15.9 Å². The van der Waals surface area contributed by atoms with Crippen LogP contribution in [-0.2, 0) is 26.0 Å². The number of amides is 1. The van der Waals surface area contributed by atoms with Crippen LogP contribution in [0.3, 0.4) is 0 Å². The van der Waals surface area contributed by atoms with E-state index < -0.39 is 22.0 Å². The third kappa shape index (κ3) is 6.32. The largest absolute Gasteiger partial charge is 0.480 e. The van der Waals surface area contributed by atoms with Crippen molar-refractivity contribution in [2.75, 3.05) is 18.8 Å². The van der Waals surface area contributed by atoms with Gasteiger partial charge in [-0.2, -0.15) is 0 Å². The minimum Gasteiger partial charge on any atom is -0.480 e. The number of piperidine rings is 1. The van der Waals surface area contributed by atoms with E-state index in [0.717, 1.165) is 12.0 Å². The van der Waals surface area contributed by atoms with Gasteiger partial charge in [0.15, 0.2) is 0 Å². The first-order valence-electron chi connectivity index (χ1n) is 9.38. The van der Waals surface area contributed by atoms with Crippen molar-refractivity contribution >= 4 is 21.9 Å². The topological polar surface area (TPSA) is 104 Å². The molecule has 2 rings (SSSR count). The highest BCUT2D eigenvalue weighted by Gasteiger charge is 2.32. The predicted octanol–water partition coefficient (Wildman–Crippen LogP) is 1.64. The molecule has 150 valence electrons. The molecular weight excluding hydrogens is 368 g/mol. The van der Waals surface area contributed by atoms with E-state index >= 15 is 0 Å². The number of sulfonamides is 1. The zero-order chi connectivity index (χ0) is 19.9. The lowest BCUT2D eigenvalue weighted by molar-refractivity contribution is -0.142. The average molecular weight is 397 g/mol. The average Bonchev–Trinajstić information content (AvgIpc) is 2.66. The molecule has 8 heteroatoms. The molecule has 1 atom stereocenters. The van der Waals surface area contributed by atoms with Crippen LogP contribution in [-0.4, -0.2) is 54.6 Å². The summed E-state index contributed by atoms with van der Waals surface area (Å²) < 4.78 is 25.9. The Balaban J connectivity index is 1.89. The number of carbonyl (C=O) groups excluding carboxylic acids is 1. The highest BCUT2D eigenvalue weighted by molar-refractivity contribution is 7.89. The minimum atomic E-state index is -3.26. The smallest absolute Gasteiger partial charge is 0.326 e. The van der Waals surface area contributed by atoms with Crippen molar-refractivity contribution in [1.82, 2.24) is 9.62 Å². The summed E-state index contributed by atoms with van der Waals surface area (Å²) in [6, 6.07) is 8.14. The summed E-state index contributed by atoms with van der Waals surface area (Å²) in [5.41, 5.74) is 0.835. The SMILES string of the molecule is CCCCS(=O)(=O)N1CCC(C(=O)N[C@@H](Cc2ccccc2)C(=O)O)CC1. The van der Waals surface area contributed by atoms with Gasteiger partial charge in [-0.25, -0.2) is 17.5 Å². The molecular formula is C19H28N2O5S. The molecule has 0 saturated carbocycles. The molecule has 1 fully saturated rings. The number of carboxylic acid groups (broad SMARTS) is 1. The van der Waals surface area contributed by atoms with Crippen molar-refractivity contribution < 1.29 is 23.1 Å². The number of rotatable bonds is 9. The summed E-state index contributed by atoms with van der Waals surface area (Å²) >= 11 is 0. The summed E-state index contributed by atoms with van der Waals surface area (Å²) in [6.45, 7) is 2.56. The molecule has 0 bridgehead atoms. The van der Waals surface area contributed by atoms with E-state index in [2.05, 4.69) is 5.32 Å². The third-order valence-electron chi connectivity index (χ3n) is 4.87. The number of unbranched alkanes of at least 4 members (excludes halogenated alkanes) is 1. The first-order chi connectivity index (χ1) is 12.8. The first kappa shape index (κ1) is 21.4. The van der Waals surface area contributed by atoms with Gasteiger partial charge < -0.3 is 10.4 Å². The van der Waals surface area contributed by atoms with Crippen molar-refractivity contribution in [2.24, 2.45) is 5.92 Å². The van der Waals surface area contributed by atoms with E-state index in [1.807, 2.05) is 37.3 Å². The molecule has 1 aliphatic heterocycles. The van der Waals surface area contributed by atoms with Gasteiger partial charge >= 0.3 is 5.97 Å². The second-order valence-electron chi connectivity index (χ2n) is 6.93. The Morgan fingerprint density at radius 3 is 2.41 bits per heavy atom. The van der Waals surface area contributed by atoms with Crippen LogP contribution in [0.25, 0.3) is 0 Å². The fourth-order valence-electron chi connectivity index (χ4n) is 3.19. The molecule has 1 saturated heterocycles. The lowest BCUT2D eigenvalue weighted by atomic mass is 9.96. The predicted molar refractivity (Wildman–Crippen MR) is 103 cm³/mol. The fraction of sp³-hybridized carbons (Fsp3) is 0.579. The molecule has 0 unspecified atom stereocenters. The number of hydrogen-bond acceptors (Lipinski definition) is 4. The molecule has 1 heterocycles. The summed E-state index contributed by atoms with van der Waals surface area (Å²) in [5.74, 6) is -1.62. The van der Waals surface area contributed by atoms with Gasteiger partial charge in [0, 0.05) is 25.4 Å². The van der Waals surface area contributed by atoms with Crippen molar-refractivity contribution in [1.29, 1.82) is 0 Å². The van der Waals surface area contributed by atoms with Crippen LogP contribution in [0.5, 0.6) is 0 Å². The van der Waals surface area contributed by atoms with Crippen molar-refractivity contribution in [2.45, 2.75) is 45.1 Å². The monoisotopic (exact) mass is 396 g/mol. The van der Waals surface area contributed by atoms with Crippen molar-refractivity contribution in [3.8, 4) is 0 Å². The van der Waals surface area contributed by atoms with Crippen LogP contribution in [0, 0.1) is 5.92 Å². The maximum atomic E-state index is 12.5. The molecule has 1 amide bonds. The number of benzene rings is 1. The maximum Gasteiger partial charge on any atom is 0.326 e. The maximum absolute atomic E-state index is 12.5. The van der Waals surface area contributed by atoms with Gasteiger partial charge in [0.1, 0.15) is 6.04 Å². The second kappa shape index (κ2) is 9.85. The molecule has 1 aliphatic rings. The zero-order valence-electron chi connectivity index (χ0n) is 15.6. The van der Waals surface area contributed by atoms with E-state index in [9.17, 15) is 23.1 Å². The van der Waals surface area contributed by atoms with Gasteiger partial charge in [0.05, 0.1) is 5.75 Å². The Hall–Kier alpha value is -1.93. The number of carboxylic acids is 1. The number of hydrogen-bond donors (Lipinski definition) is 2. The number of nitrogens with one attached hydrogen (secondary N) is 1. The Labute approximate surface area is 160 Å². The Morgan fingerprint density at radius 1 is 1.22 bits per heavy atom. The van der Waals surface area contributed by atoms with Gasteiger partial charge in [-0.3, -0.25) is 4.79 Å². The van der Waals surface area contributed by atoms with Gasteiger partial charge in [-0.1, -0.05) is 43.7 Å². The van der Waals surface area contributed by atoms with Crippen LogP contribution in [0.4, 0.5) is 0 Å². The highest BCUT2D eigenvalue weighted by atomic mass is 32.2. The molecule has 0 aliphatic carbocycles. The number of nitrogens with zero attached hydrogens (tertiary/aromatic N) is 1. The number of aliphatic carboxylic acids is 1. The van der Waals surface area contributed by atoms with E-state index in [1.54, 1.807) is 0 Å². The summed E-state index contributed by atoms with van der Waals surface area (Å²) in [5, 5.41) is 12.0. The highest BCUT2D eigenvalue weighted by Crippen LogP contribution is 2.21. The van der Waals surface area contributed by atoms with Crippen molar-refractivity contribution in [3.63, 3.8) is 0 Å². The van der Waals surface area contributed by atoms with E-state index in [4.69, 9.17) is 0 Å². The molecule has 1 aromatic rings. The van der Waals surface area contributed by atoms with E-state index in [1.165, 1.54) is 4.31 Å². The van der Waals surface area contributed by atoms with Crippen molar-refractivity contribution in [3.05, 3.63) is 35.9 Å². The minimum absolute atomic E-state index is 0.137. The molecule has 7 nitrogen and oxygen atoms in total. The van der Waals surface area contributed by atoms with Crippen LogP contribution >= 0.6 is 0 Å². The molecule has 1 aromatic carbocycles. The Morgan fingerprint density at radius 2 is 1.85 bits per heavy atom. The Bertz CT molecular complexity index is 728. The lowest BCUT2D eigenvalue weighted by Gasteiger charge is -2.31. The summed E-state index contributed by atoms with van der Waals surface area (Å²) in [7, 11) is -3.26. The molecule has 27 heavy (non-hydrogen) atoms. The quantitative estimate of drug-likeness (QED) is 0.660. The number of carbonyl (C=O) groups is 2. The van der Waals surface area contributed by atoms with Crippen LogP contribution in [0.2, 0.25) is 0 Å². The first-order valence-corrected chi connectivity index (χ1v) is 11.0. The lowest BCUT2D eigenvalue weighted by Crippen LogP contribution is -2.48. The fourth-order valence-corrected chi connectivity index (χ4v) is 4.87. The van der Waals surface area contributed by atoms with Crippen LogP contribution in [0.1, 0.15) is 38.2 Å². The summed E-state index contributed by atoms with van der Waals surface area (Å²) in [6.07, 6.45) is 2.48. The molecule has 0 aromatic heterocycles. The van der Waals surface area contributed by atoms with Crippen LogP contribution in [0.15, 0.2) is 30.3 Å². The molecule has 0 spiro atoms. The Kier molecular flexibility index (Phi) is 7.79. The molecule has 0 radical (unpaired) electrons. The van der Waals surface area contributed by atoms with Gasteiger partial charge in [-0.05, 0) is 24.8 Å². The third-order valence-corrected chi connectivity index (χ3v) is 6.83. The van der Waals surface area contributed by atoms with E-state index in [0.29, 0.717) is 32.4 Å². The zero-order valence-corrected chi connectivity index (χ0v) is 16.5. The van der Waals surface area contributed by atoms with E-state index in [-0.39, 0.29) is 24.0 Å². The molecule has 2 N–H and O–H groups in total. The van der Waals surface area contributed by atoms with Gasteiger partial charge in [-0.15, -0.1) is 0 Å². The second-order valence-corrected chi connectivity index (χ2v) is 9.02. The van der Waals surface area contributed by atoms with Gasteiger partial charge in [0.25, 0.3) is 0 Å². The summed E-state index contributed by atoms with van der Waals surface area (Å²) in [4.78, 5) is 24.0. The standard InChI is InChI=1S/C19H28N2O5S/c1-2-3-13-27(25,26)21-11-9-16(10-12-21)18(22)20-17(19(23)24)14-15-7-5-4-6-8-15/h4-8,16-17H,2-3,9-14H2,1H3,(H,20,22)(H,23,24)/t17-/m0/s1. The van der Waals surface area contributed by atoms with Crippen LogP contribution < -0.4 is 5.32 Å².